The van der Waals surface area contributed by atoms with Crippen LogP contribution in [0.4, 0.5) is 0 Å². The SMILES string of the molecule is Cc1noc(C(Cc2ccccc2)C(N)=O)n1. The number of nitrogens with zero attached hydrogens (tertiary/aromatic N) is 2. The van der Waals surface area contributed by atoms with E-state index in [0.29, 0.717) is 12.2 Å². The second kappa shape index (κ2) is 4.78. The first-order valence-corrected chi connectivity index (χ1v) is 5.30. The zero-order valence-electron chi connectivity index (χ0n) is 9.46. The Morgan fingerprint density at radius 3 is 2.65 bits per heavy atom. The topological polar surface area (TPSA) is 82.0 Å². The molecule has 2 aromatic rings. The van der Waals surface area contributed by atoms with Gasteiger partial charge in [0.1, 0.15) is 5.92 Å². The number of benzene rings is 1. The standard InChI is InChI=1S/C12H13N3O2/c1-8-14-12(17-15-8)10(11(13)16)7-9-5-3-2-4-6-9/h2-6,10H,7H2,1H3,(H2,13,16). The molecule has 88 valence electrons. The van der Waals surface area contributed by atoms with Crippen molar-refractivity contribution >= 4 is 5.91 Å². The Balaban J connectivity index is 2.22. The smallest absolute Gasteiger partial charge is 0.239 e. The molecule has 0 radical (unpaired) electrons. The first kappa shape index (κ1) is 11.3. The summed E-state index contributed by atoms with van der Waals surface area (Å²) in [4.78, 5) is 15.5. The number of aromatic nitrogens is 2. The third-order valence-electron chi connectivity index (χ3n) is 2.47. The number of nitrogens with two attached hydrogens (primary N) is 1. The van der Waals surface area contributed by atoms with Gasteiger partial charge < -0.3 is 10.3 Å². The minimum absolute atomic E-state index is 0.277. The second-order valence-corrected chi connectivity index (χ2v) is 3.82. The zero-order valence-corrected chi connectivity index (χ0v) is 9.46. The molecule has 1 amide bonds. The van der Waals surface area contributed by atoms with E-state index in [-0.39, 0.29) is 5.89 Å². The van der Waals surface area contributed by atoms with Crippen LogP contribution in [0.3, 0.4) is 0 Å². The lowest BCUT2D eigenvalue weighted by Crippen LogP contribution is -2.23. The predicted octanol–water partition coefficient (Wildman–Crippen LogP) is 1.19. The maximum Gasteiger partial charge on any atom is 0.239 e. The van der Waals surface area contributed by atoms with Crippen LogP contribution < -0.4 is 5.73 Å². The van der Waals surface area contributed by atoms with Crippen LogP contribution in [0.2, 0.25) is 0 Å². The molecule has 0 aliphatic carbocycles. The van der Waals surface area contributed by atoms with Gasteiger partial charge in [-0.2, -0.15) is 4.98 Å². The normalized spacial score (nSPS) is 12.3. The van der Waals surface area contributed by atoms with Gasteiger partial charge in [-0.15, -0.1) is 0 Å². The molecule has 17 heavy (non-hydrogen) atoms. The number of rotatable bonds is 4. The van der Waals surface area contributed by atoms with E-state index in [0.717, 1.165) is 5.56 Å². The van der Waals surface area contributed by atoms with Crippen molar-refractivity contribution in [3.8, 4) is 0 Å². The van der Waals surface area contributed by atoms with Crippen LogP contribution in [0.25, 0.3) is 0 Å². The molecule has 0 saturated heterocycles. The molecule has 5 heteroatoms. The minimum atomic E-state index is -0.571. The van der Waals surface area contributed by atoms with Crippen LogP contribution in [0.15, 0.2) is 34.9 Å². The molecule has 1 atom stereocenters. The first-order chi connectivity index (χ1) is 8.16. The number of carbonyl (C=O) groups excluding carboxylic acids is 1. The maximum absolute atomic E-state index is 11.4. The number of amides is 1. The highest BCUT2D eigenvalue weighted by Crippen LogP contribution is 2.18. The van der Waals surface area contributed by atoms with Crippen molar-refractivity contribution in [2.75, 3.05) is 0 Å². The molecule has 0 saturated carbocycles. The van der Waals surface area contributed by atoms with Gasteiger partial charge in [-0.25, -0.2) is 0 Å². The Morgan fingerprint density at radius 2 is 2.12 bits per heavy atom. The van der Waals surface area contributed by atoms with Crippen LogP contribution >= 0.6 is 0 Å². The Bertz CT molecular complexity index is 507. The van der Waals surface area contributed by atoms with E-state index >= 15 is 0 Å². The van der Waals surface area contributed by atoms with Gasteiger partial charge in [-0.3, -0.25) is 4.79 Å². The molecule has 1 unspecified atom stereocenters. The van der Waals surface area contributed by atoms with Gasteiger partial charge in [-0.1, -0.05) is 35.5 Å². The molecule has 1 aromatic carbocycles. The lowest BCUT2D eigenvalue weighted by atomic mass is 9.99. The van der Waals surface area contributed by atoms with E-state index in [1.165, 1.54) is 0 Å². The molecule has 0 spiro atoms. The van der Waals surface area contributed by atoms with E-state index in [4.69, 9.17) is 10.3 Å². The zero-order chi connectivity index (χ0) is 12.3. The van der Waals surface area contributed by atoms with Crippen LogP contribution in [0.1, 0.15) is 23.2 Å². The first-order valence-electron chi connectivity index (χ1n) is 5.30. The Kier molecular flexibility index (Phi) is 3.18. The largest absolute Gasteiger partial charge is 0.369 e. The number of primary amides is 1. The third kappa shape index (κ3) is 2.69. The molecule has 0 bridgehead atoms. The fourth-order valence-electron chi connectivity index (χ4n) is 1.61. The summed E-state index contributed by atoms with van der Waals surface area (Å²) in [5.41, 5.74) is 6.37. The molecule has 1 heterocycles. The maximum atomic E-state index is 11.4. The van der Waals surface area contributed by atoms with E-state index < -0.39 is 11.8 Å². The van der Waals surface area contributed by atoms with E-state index in [9.17, 15) is 4.79 Å². The van der Waals surface area contributed by atoms with Crippen molar-refractivity contribution in [3.63, 3.8) is 0 Å². The summed E-state index contributed by atoms with van der Waals surface area (Å²) in [6.45, 7) is 1.70. The lowest BCUT2D eigenvalue weighted by Gasteiger charge is -2.08. The van der Waals surface area contributed by atoms with Crippen LogP contribution in [-0.2, 0) is 11.2 Å². The van der Waals surface area contributed by atoms with E-state index in [1.807, 2.05) is 30.3 Å². The van der Waals surface area contributed by atoms with Crippen LogP contribution in [0, 0.1) is 6.92 Å². The summed E-state index contributed by atoms with van der Waals surface area (Å²) in [5.74, 6) is -0.255. The number of carbonyl (C=O) groups is 1. The van der Waals surface area contributed by atoms with Gasteiger partial charge in [-0.05, 0) is 18.9 Å². The molecule has 0 aliphatic heterocycles. The molecule has 0 fully saturated rings. The average Bonchev–Trinajstić information content (AvgIpc) is 2.73. The highest BCUT2D eigenvalue weighted by molar-refractivity contribution is 5.81. The molecule has 1 aromatic heterocycles. The van der Waals surface area contributed by atoms with E-state index in [2.05, 4.69) is 10.1 Å². The monoisotopic (exact) mass is 231 g/mol. The number of hydrogen-bond donors (Lipinski definition) is 1. The van der Waals surface area contributed by atoms with Crippen molar-refractivity contribution in [2.45, 2.75) is 19.3 Å². The quantitative estimate of drug-likeness (QED) is 0.856. The Morgan fingerprint density at radius 1 is 1.41 bits per heavy atom. The Labute approximate surface area is 98.6 Å². The van der Waals surface area contributed by atoms with Gasteiger partial charge >= 0.3 is 0 Å². The number of hydrogen-bond acceptors (Lipinski definition) is 4. The van der Waals surface area contributed by atoms with Crippen molar-refractivity contribution in [1.82, 2.24) is 10.1 Å². The number of aryl methyl sites for hydroxylation is 1. The lowest BCUT2D eigenvalue weighted by molar-refractivity contribution is -0.119. The molecule has 2 rings (SSSR count). The minimum Gasteiger partial charge on any atom is -0.369 e. The highest BCUT2D eigenvalue weighted by atomic mass is 16.5. The molecular weight excluding hydrogens is 218 g/mol. The van der Waals surface area contributed by atoms with Gasteiger partial charge in [0.25, 0.3) is 0 Å². The molecule has 2 N–H and O–H groups in total. The van der Waals surface area contributed by atoms with Crippen molar-refractivity contribution < 1.29 is 9.32 Å². The summed E-state index contributed by atoms with van der Waals surface area (Å²) in [6, 6.07) is 9.59. The summed E-state index contributed by atoms with van der Waals surface area (Å²) < 4.78 is 5.00. The average molecular weight is 231 g/mol. The van der Waals surface area contributed by atoms with Gasteiger partial charge in [0.05, 0.1) is 0 Å². The van der Waals surface area contributed by atoms with Crippen molar-refractivity contribution in [3.05, 3.63) is 47.6 Å². The second-order valence-electron chi connectivity index (χ2n) is 3.82. The fraction of sp³-hybridized carbons (Fsp3) is 0.250. The summed E-state index contributed by atoms with van der Waals surface area (Å²) >= 11 is 0. The fourth-order valence-corrected chi connectivity index (χ4v) is 1.61. The van der Waals surface area contributed by atoms with Crippen LogP contribution in [0.5, 0.6) is 0 Å². The predicted molar refractivity (Wildman–Crippen MR) is 61.1 cm³/mol. The summed E-state index contributed by atoms with van der Waals surface area (Å²) in [6.07, 6.45) is 0.470. The summed E-state index contributed by atoms with van der Waals surface area (Å²) in [7, 11) is 0. The van der Waals surface area contributed by atoms with Gasteiger partial charge in [0.2, 0.25) is 11.8 Å². The highest BCUT2D eigenvalue weighted by Gasteiger charge is 2.24. The van der Waals surface area contributed by atoms with Crippen molar-refractivity contribution in [1.29, 1.82) is 0 Å². The molecular formula is C12H13N3O2. The molecule has 5 nitrogen and oxygen atoms in total. The van der Waals surface area contributed by atoms with Gasteiger partial charge in [0, 0.05) is 0 Å². The summed E-state index contributed by atoms with van der Waals surface area (Å²) in [5, 5.41) is 3.67. The van der Waals surface area contributed by atoms with Gasteiger partial charge in [0.15, 0.2) is 5.82 Å². The van der Waals surface area contributed by atoms with Crippen molar-refractivity contribution in [2.24, 2.45) is 5.73 Å². The Hall–Kier alpha value is -2.17. The third-order valence-corrected chi connectivity index (χ3v) is 2.47. The van der Waals surface area contributed by atoms with Crippen LogP contribution in [-0.4, -0.2) is 16.0 Å². The molecule has 0 aliphatic rings. The van der Waals surface area contributed by atoms with E-state index in [1.54, 1.807) is 6.92 Å².